The number of rotatable bonds is 4. The van der Waals surface area contributed by atoms with Crippen LogP contribution in [0.5, 0.6) is 0 Å². The summed E-state index contributed by atoms with van der Waals surface area (Å²) in [5.41, 5.74) is 3.19. The highest BCUT2D eigenvalue weighted by Gasteiger charge is 2.35. The van der Waals surface area contributed by atoms with Crippen LogP contribution in [0.25, 0.3) is 0 Å². The maximum absolute atomic E-state index is 2.64. The Morgan fingerprint density at radius 1 is 1.00 bits per heavy atom. The Kier molecular flexibility index (Phi) is 5.20. The van der Waals surface area contributed by atoms with E-state index < -0.39 is 0 Å². The van der Waals surface area contributed by atoms with Crippen molar-refractivity contribution >= 4 is 6.21 Å². The van der Waals surface area contributed by atoms with E-state index in [-0.39, 0.29) is 5.54 Å². The van der Waals surface area contributed by atoms with Gasteiger partial charge < -0.3 is 4.90 Å². The number of benzene rings is 1. The third-order valence-electron chi connectivity index (χ3n) is 5.33. The van der Waals surface area contributed by atoms with E-state index in [0.717, 1.165) is 19.4 Å². The molecule has 0 saturated carbocycles. The van der Waals surface area contributed by atoms with Gasteiger partial charge in [-0.3, -0.25) is 0 Å². The van der Waals surface area contributed by atoms with Gasteiger partial charge in [0, 0.05) is 45.1 Å². The van der Waals surface area contributed by atoms with Gasteiger partial charge in [0.15, 0.2) is 11.8 Å². The molecule has 124 valence electrons. The second-order valence-corrected chi connectivity index (χ2v) is 7.63. The monoisotopic (exact) mass is 311 g/mol. The standard InChI is InChI=1S/C21H31N2/c1-21(2)18-20(22-14-8-3-4-9-15-22)13-17-23(21)16-12-19-10-6-5-7-11-19/h5-7,10-11,13,17H,3-4,8-9,12,14-16,18H2,1-2H3/q+1. The fourth-order valence-electron chi connectivity index (χ4n) is 3.83. The summed E-state index contributed by atoms with van der Waals surface area (Å²) in [6, 6.07) is 10.8. The van der Waals surface area contributed by atoms with Crippen LogP contribution in [-0.2, 0) is 6.42 Å². The third-order valence-corrected chi connectivity index (χ3v) is 5.33. The topological polar surface area (TPSA) is 6.25 Å². The molecule has 0 radical (unpaired) electrons. The summed E-state index contributed by atoms with van der Waals surface area (Å²) < 4.78 is 2.53. The van der Waals surface area contributed by atoms with Gasteiger partial charge in [-0.25, -0.2) is 4.58 Å². The summed E-state index contributed by atoms with van der Waals surface area (Å²) in [6.07, 6.45) is 12.5. The molecule has 0 atom stereocenters. The molecule has 0 N–H and O–H groups in total. The molecular weight excluding hydrogens is 280 g/mol. The van der Waals surface area contributed by atoms with E-state index in [1.54, 1.807) is 5.70 Å². The zero-order valence-corrected chi connectivity index (χ0v) is 14.8. The van der Waals surface area contributed by atoms with Crippen LogP contribution in [0.15, 0.2) is 42.1 Å². The Morgan fingerprint density at radius 2 is 1.70 bits per heavy atom. The van der Waals surface area contributed by atoms with Crippen LogP contribution in [0.3, 0.4) is 0 Å². The van der Waals surface area contributed by atoms with Crippen LogP contribution >= 0.6 is 0 Å². The summed E-state index contributed by atoms with van der Waals surface area (Å²) in [5, 5.41) is 0. The lowest BCUT2D eigenvalue weighted by atomic mass is 9.93. The SMILES string of the molecule is CC1(C)CC(N2CCCCCC2)=CC=[N+]1CCc1ccccc1. The maximum atomic E-state index is 2.64. The predicted molar refractivity (Wildman–Crippen MR) is 98.2 cm³/mol. The largest absolute Gasteiger partial charge is 0.374 e. The molecule has 1 aromatic carbocycles. The molecule has 2 heteroatoms. The molecular formula is C21H31N2+. The molecule has 2 aliphatic heterocycles. The minimum Gasteiger partial charge on any atom is -0.374 e. The number of hydrogen-bond acceptors (Lipinski definition) is 1. The van der Waals surface area contributed by atoms with Gasteiger partial charge in [0.25, 0.3) is 0 Å². The number of hydrogen-bond donors (Lipinski definition) is 0. The quantitative estimate of drug-likeness (QED) is 0.753. The first-order valence-corrected chi connectivity index (χ1v) is 9.25. The lowest BCUT2D eigenvalue weighted by Crippen LogP contribution is -2.43. The van der Waals surface area contributed by atoms with Crippen molar-refractivity contribution in [2.45, 2.75) is 57.9 Å². The van der Waals surface area contributed by atoms with E-state index in [1.807, 2.05) is 0 Å². The van der Waals surface area contributed by atoms with Crippen molar-refractivity contribution in [2.24, 2.45) is 0 Å². The molecule has 2 aliphatic rings. The van der Waals surface area contributed by atoms with Crippen molar-refractivity contribution in [2.75, 3.05) is 19.6 Å². The van der Waals surface area contributed by atoms with E-state index in [4.69, 9.17) is 0 Å². The Balaban J connectivity index is 1.68. The van der Waals surface area contributed by atoms with Gasteiger partial charge >= 0.3 is 0 Å². The lowest BCUT2D eigenvalue weighted by molar-refractivity contribution is -0.597. The molecule has 0 spiro atoms. The van der Waals surface area contributed by atoms with Crippen molar-refractivity contribution in [1.82, 2.24) is 4.90 Å². The van der Waals surface area contributed by atoms with Crippen molar-refractivity contribution in [3.05, 3.63) is 47.7 Å². The fraction of sp³-hybridized carbons (Fsp3) is 0.571. The molecule has 2 nitrogen and oxygen atoms in total. The second-order valence-electron chi connectivity index (χ2n) is 7.63. The van der Waals surface area contributed by atoms with Crippen molar-refractivity contribution < 1.29 is 4.58 Å². The van der Waals surface area contributed by atoms with E-state index >= 15 is 0 Å². The normalized spacial score (nSPS) is 21.4. The summed E-state index contributed by atoms with van der Waals surface area (Å²) >= 11 is 0. The molecule has 23 heavy (non-hydrogen) atoms. The molecule has 0 bridgehead atoms. The van der Waals surface area contributed by atoms with Gasteiger partial charge in [0.1, 0.15) is 6.54 Å². The van der Waals surface area contributed by atoms with Gasteiger partial charge in [-0.2, -0.15) is 0 Å². The van der Waals surface area contributed by atoms with Crippen LogP contribution < -0.4 is 0 Å². The van der Waals surface area contributed by atoms with Crippen molar-refractivity contribution in [3.8, 4) is 0 Å². The average Bonchev–Trinajstić information content (AvgIpc) is 2.83. The molecule has 1 fully saturated rings. The highest BCUT2D eigenvalue weighted by Crippen LogP contribution is 2.27. The van der Waals surface area contributed by atoms with Crippen molar-refractivity contribution in [3.63, 3.8) is 0 Å². The Morgan fingerprint density at radius 3 is 2.35 bits per heavy atom. The van der Waals surface area contributed by atoms with Gasteiger partial charge in [0.2, 0.25) is 0 Å². The number of nitrogens with zero attached hydrogens (tertiary/aromatic N) is 2. The first-order valence-electron chi connectivity index (χ1n) is 9.25. The van der Waals surface area contributed by atoms with Crippen LogP contribution in [0.2, 0.25) is 0 Å². The minimum absolute atomic E-state index is 0.213. The van der Waals surface area contributed by atoms with Crippen LogP contribution in [-0.4, -0.2) is 40.9 Å². The van der Waals surface area contributed by atoms with Crippen LogP contribution in [0, 0.1) is 0 Å². The summed E-state index contributed by atoms with van der Waals surface area (Å²) in [4.78, 5) is 2.64. The van der Waals surface area contributed by atoms with Gasteiger partial charge in [0.05, 0.1) is 6.42 Å². The van der Waals surface area contributed by atoms with E-state index in [9.17, 15) is 0 Å². The molecule has 0 aliphatic carbocycles. The highest BCUT2D eigenvalue weighted by molar-refractivity contribution is 5.68. The van der Waals surface area contributed by atoms with Crippen LogP contribution in [0.1, 0.15) is 51.5 Å². The number of allylic oxidation sites excluding steroid dienone is 1. The molecule has 0 unspecified atom stereocenters. The second kappa shape index (κ2) is 7.33. The lowest BCUT2D eigenvalue weighted by Gasteiger charge is -2.33. The molecule has 0 aromatic heterocycles. The first-order chi connectivity index (χ1) is 11.1. The highest BCUT2D eigenvalue weighted by atomic mass is 15.2. The molecule has 1 aromatic rings. The maximum Gasteiger partial charge on any atom is 0.165 e. The average molecular weight is 311 g/mol. The summed E-state index contributed by atoms with van der Waals surface area (Å²) in [5.74, 6) is 0. The van der Waals surface area contributed by atoms with E-state index in [1.165, 1.54) is 44.3 Å². The third kappa shape index (κ3) is 4.25. The van der Waals surface area contributed by atoms with Gasteiger partial charge in [-0.15, -0.1) is 0 Å². The Hall–Kier alpha value is -1.57. The fourth-order valence-corrected chi connectivity index (χ4v) is 3.83. The first kappa shape index (κ1) is 16.3. The van der Waals surface area contributed by atoms with Crippen molar-refractivity contribution in [1.29, 1.82) is 0 Å². The van der Waals surface area contributed by atoms with Gasteiger partial charge in [-0.05, 0) is 18.4 Å². The molecule has 0 amide bonds. The van der Waals surface area contributed by atoms with E-state index in [2.05, 4.69) is 65.9 Å². The summed E-state index contributed by atoms with van der Waals surface area (Å²) in [6.45, 7) is 8.37. The number of likely N-dealkylation sites (tertiary alicyclic amines) is 1. The zero-order valence-electron chi connectivity index (χ0n) is 14.8. The predicted octanol–water partition coefficient (Wildman–Crippen LogP) is 4.25. The van der Waals surface area contributed by atoms with Crippen LogP contribution in [0.4, 0.5) is 0 Å². The Labute approximate surface area is 141 Å². The molecule has 3 rings (SSSR count). The zero-order chi connectivity index (χ0) is 16.1. The minimum atomic E-state index is 0.213. The van der Waals surface area contributed by atoms with Gasteiger partial charge in [-0.1, -0.05) is 43.2 Å². The summed E-state index contributed by atoms with van der Waals surface area (Å²) in [7, 11) is 0. The smallest absolute Gasteiger partial charge is 0.165 e. The molecule has 1 saturated heterocycles. The Bertz CT molecular complexity index is 561. The molecule has 2 heterocycles. The van der Waals surface area contributed by atoms with E-state index in [0.29, 0.717) is 0 Å².